The largest absolute Gasteiger partial charge is 0.370 e. The van der Waals surface area contributed by atoms with Crippen molar-refractivity contribution in [2.24, 2.45) is 10.7 Å². The molecular formula is C11H15N3. The first-order valence-corrected chi connectivity index (χ1v) is 4.76. The third-order valence-electron chi connectivity index (χ3n) is 2.71. The van der Waals surface area contributed by atoms with Crippen molar-refractivity contribution < 1.29 is 0 Å². The van der Waals surface area contributed by atoms with Gasteiger partial charge in [-0.1, -0.05) is 24.3 Å². The van der Waals surface area contributed by atoms with Crippen LogP contribution >= 0.6 is 0 Å². The van der Waals surface area contributed by atoms with Gasteiger partial charge in [0.05, 0.1) is 12.1 Å². The Balaban J connectivity index is 2.37. The van der Waals surface area contributed by atoms with Crippen LogP contribution in [-0.4, -0.2) is 12.5 Å². The minimum atomic E-state index is -0.130. The standard InChI is InChI=1S/C11H15N3/c1-8-5-3-4-6-9(8)11(2)7-13-10(12)14-11/h3-6H,7H2,1-2H3,(H3,12,13,14). The van der Waals surface area contributed by atoms with E-state index in [1.165, 1.54) is 11.1 Å². The van der Waals surface area contributed by atoms with Crippen LogP contribution in [0.5, 0.6) is 0 Å². The van der Waals surface area contributed by atoms with Crippen molar-refractivity contribution in [2.75, 3.05) is 6.54 Å². The number of guanidine groups is 1. The fourth-order valence-corrected chi connectivity index (χ4v) is 1.95. The van der Waals surface area contributed by atoms with Gasteiger partial charge in [0.25, 0.3) is 0 Å². The van der Waals surface area contributed by atoms with Crippen LogP contribution in [0.3, 0.4) is 0 Å². The van der Waals surface area contributed by atoms with Crippen molar-refractivity contribution in [1.82, 2.24) is 5.32 Å². The number of hydrogen-bond acceptors (Lipinski definition) is 3. The molecule has 0 bridgehead atoms. The van der Waals surface area contributed by atoms with E-state index in [0.29, 0.717) is 12.5 Å². The second-order valence-corrected chi connectivity index (χ2v) is 3.97. The number of rotatable bonds is 1. The highest BCUT2D eigenvalue weighted by atomic mass is 15.2. The molecule has 0 radical (unpaired) electrons. The predicted molar refractivity (Wildman–Crippen MR) is 58.2 cm³/mol. The van der Waals surface area contributed by atoms with Gasteiger partial charge in [-0.15, -0.1) is 0 Å². The first-order chi connectivity index (χ1) is 6.62. The summed E-state index contributed by atoms with van der Waals surface area (Å²) < 4.78 is 0. The topological polar surface area (TPSA) is 50.4 Å². The summed E-state index contributed by atoms with van der Waals surface area (Å²) in [5, 5.41) is 3.22. The number of benzene rings is 1. The van der Waals surface area contributed by atoms with Gasteiger partial charge in [-0.25, -0.2) is 0 Å². The predicted octanol–water partition coefficient (Wildman–Crippen LogP) is 1.13. The molecule has 1 aromatic rings. The molecule has 1 atom stereocenters. The fraction of sp³-hybridized carbons (Fsp3) is 0.364. The minimum absolute atomic E-state index is 0.130. The molecule has 1 heterocycles. The van der Waals surface area contributed by atoms with Crippen molar-refractivity contribution in [3.63, 3.8) is 0 Å². The van der Waals surface area contributed by atoms with Gasteiger partial charge in [0.2, 0.25) is 0 Å². The number of aliphatic imine (C=N–C) groups is 1. The molecule has 0 aliphatic carbocycles. The Bertz CT molecular complexity index is 384. The molecular weight excluding hydrogens is 174 g/mol. The third-order valence-corrected chi connectivity index (χ3v) is 2.71. The minimum Gasteiger partial charge on any atom is -0.370 e. The van der Waals surface area contributed by atoms with E-state index >= 15 is 0 Å². The van der Waals surface area contributed by atoms with E-state index in [1.807, 2.05) is 12.1 Å². The van der Waals surface area contributed by atoms with E-state index in [-0.39, 0.29) is 5.54 Å². The van der Waals surface area contributed by atoms with Crippen molar-refractivity contribution in [3.8, 4) is 0 Å². The second kappa shape index (κ2) is 3.01. The summed E-state index contributed by atoms with van der Waals surface area (Å²) in [5.74, 6) is 0.538. The Labute approximate surface area is 84.0 Å². The van der Waals surface area contributed by atoms with Crippen LogP contribution in [0, 0.1) is 6.92 Å². The zero-order valence-corrected chi connectivity index (χ0v) is 8.54. The lowest BCUT2D eigenvalue weighted by molar-refractivity contribution is 0.477. The summed E-state index contributed by atoms with van der Waals surface area (Å²) >= 11 is 0. The van der Waals surface area contributed by atoms with Gasteiger partial charge < -0.3 is 11.1 Å². The van der Waals surface area contributed by atoms with Gasteiger partial charge >= 0.3 is 0 Å². The summed E-state index contributed by atoms with van der Waals surface area (Å²) in [6.07, 6.45) is 0. The SMILES string of the molecule is Cc1ccccc1C1(C)CN=C(N)N1. The zero-order chi connectivity index (χ0) is 10.2. The van der Waals surface area contributed by atoms with Gasteiger partial charge in [0.15, 0.2) is 5.96 Å². The smallest absolute Gasteiger partial charge is 0.189 e. The number of nitrogens with two attached hydrogens (primary N) is 1. The first kappa shape index (κ1) is 9.06. The van der Waals surface area contributed by atoms with Crippen molar-refractivity contribution in [2.45, 2.75) is 19.4 Å². The summed E-state index contributed by atoms with van der Waals surface area (Å²) in [7, 11) is 0. The van der Waals surface area contributed by atoms with E-state index in [2.05, 4.69) is 36.3 Å². The van der Waals surface area contributed by atoms with E-state index < -0.39 is 0 Å². The molecule has 3 N–H and O–H groups in total. The van der Waals surface area contributed by atoms with Gasteiger partial charge in [0, 0.05) is 0 Å². The van der Waals surface area contributed by atoms with Crippen LogP contribution in [0.1, 0.15) is 18.1 Å². The Morgan fingerprint density at radius 3 is 2.71 bits per heavy atom. The fourth-order valence-electron chi connectivity index (χ4n) is 1.95. The normalized spacial score (nSPS) is 25.7. The molecule has 0 saturated heterocycles. The van der Waals surface area contributed by atoms with Gasteiger partial charge in [-0.05, 0) is 25.0 Å². The summed E-state index contributed by atoms with van der Waals surface area (Å²) in [6.45, 7) is 4.94. The maximum absolute atomic E-state index is 5.64. The number of nitrogens with one attached hydrogen (secondary N) is 1. The van der Waals surface area contributed by atoms with Crippen molar-refractivity contribution >= 4 is 5.96 Å². The lowest BCUT2D eigenvalue weighted by atomic mass is 9.89. The van der Waals surface area contributed by atoms with Crippen LogP contribution in [0.25, 0.3) is 0 Å². The van der Waals surface area contributed by atoms with Gasteiger partial charge in [-0.3, -0.25) is 4.99 Å². The quantitative estimate of drug-likeness (QED) is 0.695. The number of aryl methyl sites for hydroxylation is 1. The third kappa shape index (κ3) is 1.35. The highest BCUT2D eigenvalue weighted by Gasteiger charge is 2.32. The zero-order valence-electron chi connectivity index (χ0n) is 8.54. The molecule has 1 aromatic carbocycles. The average Bonchev–Trinajstić information content (AvgIpc) is 2.48. The lowest BCUT2D eigenvalue weighted by Crippen LogP contribution is -2.43. The molecule has 3 heteroatoms. The van der Waals surface area contributed by atoms with Crippen LogP contribution in [0.15, 0.2) is 29.3 Å². The molecule has 0 spiro atoms. The van der Waals surface area contributed by atoms with Gasteiger partial charge in [0.1, 0.15) is 0 Å². The lowest BCUT2D eigenvalue weighted by Gasteiger charge is -2.26. The second-order valence-electron chi connectivity index (χ2n) is 3.97. The van der Waals surface area contributed by atoms with Crippen LogP contribution < -0.4 is 11.1 Å². The summed E-state index contributed by atoms with van der Waals surface area (Å²) in [5.41, 5.74) is 8.05. The molecule has 0 saturated carbocycles. The Kier molecular flexibility index (Phi) is 1.95. The maximum atomic E-state index is 5.64. The first-order valence-electron chi connectivity index (χ1n) is 4.76. The highest BCUT2D eigenvalue weighted by molar-refractivity contribution is 5.81. The monoisotopic (exact) mass is 189 g/mol. The van der Waals surface area contributed by atoms with E-state index in [0.717, 1.165) is 0 Å². The maximum Gasteiger partial charge on any atom is 0.189 e. The van der Waals surface area contributed by atoms with E-state index in [4.69, 9.17) is 5.73 Å². The van der Waals surface area contributed by atoms with Crippen molar-refractivity contribution in [3.05, 3.63) is 35.4 Å². The molecule has 1 aliphatic heterocycles. The molecule has 74 valence electrons. The molecule has 2 rings (SSSR count). The molecule has 3 nitrogen and oxygen atoms in total. The van der Waals surface area contributed by atoms with Crippen LogP contribution in [-0.2, 0) is 5.54 Å². The van der Waals surface area contributed by atoms with Gasteiger partial charge in [-0.2, -0.15) is 0 Å². The van der Waals surface area contributed by atoms with Crippen LogP contribution in [0.4, 0.5) is 0 Å². The Morgan fingerprint density at radius 1 is 1.43 bits per heavy atom. The molecule has 0 amide bonds. The Hall–Kier alpha value is -1.51. The average molecular weight is 189 g/mol. The summed E-state index contributed by atoms with van der Waals surface area (Å²) in [4.78, 5) is 4.19. The van der Waals surface area contributed by atoms with Crippen molar-refractivity contribution in [1.29, 1.82) is 0 Å². The molecule has 1 aliphatic rings. The Morgan fingerprint density at radius 2 is 2.14 bits per heavy atom. The van der Waals surface area contributed by atoms with Crippen LogP contribution in [0.2, 0.25) is 0 Å². The number of nitrogens with zero attached hydrogens (tertiary/aromatic N) is 1. The molecule has 0 aromatic heterocycles. The molecule has 14 heavy (non-hydrogen) atoms. The highest BCUT2D eigenvalue weighted by Crippen LogP contribution is 2.26. The number of hydrogen-bond donors (Lipinski definition) is 2. The van der Waals surface area contributed by atoms with E-state index in [1.54, 1.807) is 0 Å². The molecule has 0 fully saturated rings. The van der Waals surface area contributed by atoms with E-state index in [9.17, 15) is 0 Å². The molecule has 1 unspecified atom stereocenters. The summed E-state index contributed by atoms with van der Waals surface area (Å²) in [6, 6.07) is 8.32.